The fourth-order valence-electron chi connectivity index (χ4n) is 2.42. The number of thioether (sulfide) groups is 1. The summed E-state index contributed by atoms with van der Waals surface area (Å²) in [5.74, 6) is 0.505. The maximum atomic E-state index is 12.9. The zero-order valence-corrected chi connectivity index (χ0v) is 14.7. The van der Waals surface area contributed by atoms with Crippen LogP contribution in [0.3, 0.4) is 0 Å². The van der Waals surface area contributed by atoms with Crippen LogP contribution in [0.25, 0.3) is 10.9 Å². The Labute approximate surface area is 149 Å². The van der Waals surface area contributed by atoms with Gasteiger partial charge in [-0.1, -0.05) is 0 Å². The molecule has 4 nitrogen and oxygen atoms in total. The van der Waals surface area contributed by atoms with E-state index in [-0.39, 0.29) is 17.5 Å². The number of nitrogens with one attached hydrogen (secondary N) is 1. The molecule has 1 N–H and O–H groups in total. The second-order valence-corrected chi connectivity index (χ2v) is 6.51. The first-order chi connectivity index (χ1) is 12.0. The van der Waals surface area contributed by atoms with Gasteiger partial charge in [-0.2, -0.15) is 0 Å². The maximum absolute atomic E-state index is 12.9. The van der Waals surface area contributed by atoms with Gasteiger partial charge in [-0.25, -0.2) is 4.39 Å². The molecule has 0 aliphatic rings. The van der Waals surface area contributed by atoms with Gasteiger partial charge in [-0.05, 0) is 55.5 Å². The number of rotatable bonds is 5. The lowest BCUT2D eigenvalue weighted by molar-refractivity contribution is -0.113. The number of hydrogen-bond donors (Lipinski definition) is 1. The highest BCUT2D eigenvalue weighted by Crippen LogP contribution is 2.30. The average molecular weight is 356 g/mol. The molecule has 0 saturated carbocycles. The molecule has 0 fully saturated rings. The van der Waals surface area contributed by atoms with Crippen molar-refractivity contribution >= 4 is 34.3 Å². The summed E-state index contributed by atoms with van der Waals surface area (Å²) >= 11 is 1.43. The summed E-state index contributed by atoms with van der Waals surface area (Å²) in [7, 11) is 1.62. The Kier molecular flexibility index (Phi) is 5.19. The molecule has 0 radical (unpaired) electrons. The summed E-state index contributed by atoms with van der Waals surface area (Å²) in [6.45, 7) is 1.92. The number of halogens is 1. The Morgan fingerprint density at radius 2 is 1.96 bits per heavy atom. The third kappa shape index (κ3) is 4.28. The number of ether oxygens (including phenoxy) is 1. The zero-order valence-electron chi connectivity index (χ0n) is 13.9. The van der Waals surface area contributed by atoms with Crippen molar-refractivity contribution in [1.29, 1.82) is 0 Å². The van der Waals surface area contributed by atoms with Crippen LogP contribution < -0.4 is 10.1 Å². The van der Waals surface area contributed by atoms with Crippen LogP contribution in [0.4, 0.5) is 10.1 Å². The number of fused-ring (bicyclic) bond motifs is 1. The van der Waals surface area contributed by atoms with E-state index in [1.54, 1.807) is 7.11 Å². The Morgan fingerprint density at radius 3 is 2.68 bits per heavy atom. The minimum absolute atomic E-state index is 0.151. The highest BCUT2D eigenvalue weighted by Gasteiger charge is 2.09. The van der Waals surface area contributed by atoms with E-state index in [1.807, 2.05) is 31.2 Å². The van der Waals surface area contributed by atoms with Gasteiger partial charge >= 0.3 is 0 Å². The van der Waals surface area contributed by atoms with Gasteiger partial charge in [0.25, 0.3) is 0 Å². The number of methoxy groups -OCH3 is 1. The van der Waals surface area contributed by atoms with Crippen molar-refractivity contribution in [3.05, 3.63) is 60.0 Å². The van der Waals surface area contributed by atoms with Crippen molar-refractivity contribution in [2.24, 2.45) is 0 Å². The Hall–Kier alpha value is -2.60. The molecule has 0 saturated heterocycles. The molecule has 1 amide bonds. The Balaban J connectivity index is 1.75. The smallest absolute Gasteiger partial charge is 0.234 e. The highest BCUT2D eigenvalue weighted by atomic mass is 32.2. The Bertz CT molecular complexity index is 913. The number of hydrogen-bond acceptors (Lipinski definition) is 4. The topological polar surface area (TPSA) is 51.2 Å². The van der Waals surface area contributed by atoms with E-state index in [0.717, 1.165) is 27.2 Å². The minimum Gasteiger partial charge on any atom is -0.497 e. The van der Waals surface area contributed by atoms with Crippen LogP contribution in [0.1, 0.15) is 5.69 Å². The Morgan fingerprint density at radius 1 is 1.20 bits per heavy atom. The summed E-state index contributed by atoms with van der Waals surface area (Å²) in [6, 6.07) is 13.3. The SMILES string of the molecule is COc1ccc2nc(C)cc(SCC(=O)Nc3ccc(F)cc3)c2c1. The number of benzene rings is 2. The van der Waals surface area contributed by atoms with Gasteiger partial charge in [0.05, 0.1) is 18.4 Å². The molecule has 0 unspecified atom stereocenters. The van der Waals surface area contributed by atoms with Crippen LogP contribution in [-0.4, -0.2) is 23.8 Å². The van der Waals surface area contributed by atoms with Crippen molar-refractivity contribution in [3.8, 4) is 5.75 Å². The van der Waals surface area contributed by atoms with E-state index >= 15 is 0 Å². The molecule has 1 heterocycles. The molecule has 0 aliphatic carbocycles. The number of carbonyl (C=O) groups excluding carboxylic acids is 1. The van der Waals surface area contributed by atoms with E-state index in [0.29, 0.717) is 5.69 Å². The quantitative estimate of drug-likeness (QED) is 0.688. The summed E-state index contributed by atoms with van der Waals surface area (Å²) in [5, 5.41) is 3.71. The number of carbonyl (C=O) groups is 1. The standard InChI is InChI=1S/C19H17FN2O2S/c1-12-9-18(16-10-15(24-2)7-8-17(16)21-12)25-11-19(23)22-14-5-3-13(20)4-6-14/h3-10H,11H2,1-2H3,(H,22,23). The first-order valence-corrected chi connectivity index (χ1v) is 8.67. The fraction of sp³-hybridized carbons (Fsp3) is 0.158. The molecule has 1 aromatic heterocycles. The number of nitrogens with zero attached hydrogens (tertiary/aromatic N) is 1. The van der Waals surface area contributed by atoms with Gasteiger partial charge in [0, 0.05) is 21.7 Å². The van der Waals surface area contributed by atoms with Gasteiger partial charge < -0.3 is 10.1 Å². The fourth-order valence-corrected chi connectivity index (χ4v) is 3.35. The monoisotopic (exact) mass is 356 g/mol. The van der Waals surface area contributed by atoms with E-state index in [9.17, 15) is 9.18 Å². The number of aromatic nitrogens is 1. The maximum Gasteiger partial charge on any atom is 0.234 e. The molecule has 2 aromatic carbocycles. The second-order valence-electron chi connectivity index (χ2n) is 5.49. The van der Waals surface area contributed by atoms with Gasteiger partial charge in [0.15, 0.2) is 0 Å². The highest BCUT2D eigenvalue weighted by molar-refractivity contribution is 8.00. The third-order valence-corrected chi connectivity index (χ3v) is 4.65. The molecular weight excluding hydrogens is 339 g/mol. The van der Waals surface area contributed by atoms with Gasteiger partial charge in [0.1, 0.15) is 11.6 Å². The molecule has 6 heteroatoms. The van der Waals surface area contributed by atoms with Crippen LogP contribution >= 0.6 is 11.8 Å². The first kappa shape index (κ1) is 17.2. The number of pyridine rings is 1. The summed E-state index contributed by atoms with van der Waals surface area (Å²) in [6.07, 6.45) is 0. The molecular formula is C19H17FN2O2S. The van der Waals surface area contributed by atoms with Crippen LogP contribution in [0, 0.1) is 12.7 Å². The van der Waals surface area contributed by atoms with Crippen molar-refractivity contribution in [2.45, 2.75) is 11.8 Å². The van der Waals surface area contributed by atoms with E-state index in [1.165, 1.54) is 36.0 Å². The van der Waals surface area contributed by atoms with Gasteiger partial charge in [-0.3, -0.25) is 9.78 Å². The third-order valence-electron chi connectivity index (χ3n) is 3.59. The molecule has 25 heavy (non-hydrogen) atoms. The van der Waals surface area contributed by atoms with Crippen molar-refractivity contribution in [2.75, 3.05) is 18.2 Å². The largest absolute Gasteiger partial charge is 0.497 e. The molecule has 0 spiro atoms. The van der Waals surface area contributed by atoms with Crippen LogP contribution in [-0.2, 0) is 4.79 Å². The van der Waals surface area contributed by atoms with Crippen LogP contribution in [0.15, 0.2) is 53.4 Å². The van der Waals surface area contributed by atoms with E-state index in [2.05, 4.69) is 10.3 Å². The van der Waals surface area contributed by atoms with E-state index < -0.39 is 0 Å². The predicted octanol–water partition coefficient (Wildman–Crippen LogP) is 4.42. The van der Waals surface area contributed by atoms with Crippen molar-refractivity contribution < 1.29 is 13.9 Å². The lowest BCUT2D eigenvalue weighted by Gasteiger charge is -2.10. The zero-order chi connectivity index (χ0) is 17.8. The average Bonchev–Trinajstić information content (AvgIpc) is 2.61. The molecule has 3 rings (SSSR count). The summed E-state index contributed by atoms with van der Waals surface area (Å²) in [4.78, 5) is 17.6. The number of aryl methyl sites for hydroxylation is 1. The molecule has 0 aliphatic heterocycles. The molecule has 0 atom stereocenters. The summed E-state index contributed by atoms with van der Waals surface area (Å²) in [5.41, 5.74) is 2.32. The van der Waals surface area contributed by atoms with Gasteiger partial charge in [-0.15, -0.1) is 11.8 Å². The van der Waals surface area contributed by atoms with Crippen LogP contribution in [0.5, 0.6) is 5.75 Å². The number of anilines is 1. The predicted molar refractivity (Wildman–Crippen MR) is 98.8 cm³/mol. The lowest BCUT2D eigenvalue weighted by Crippen LogP contribution is -2.14. The minimum atomic E-state index is -0.333. The molecule has 0 bridgehead atoms. The van der Waals surface area contributed by atoms with Crippen molar-refractivity contribution in [1.82, 2.24) is 4.98 Å². The molecule has 128 valence electrons. The second kappa shape index (κ2) is 7.53. The van der Waals surface area contributed by atoms with E-state index in [4.69, 9.17) is 4.74 Å². The number of amides is 1. The van der Waals surface area contributed by atoms with Crippen molar-refractivity contribution in [3.63, 3.8) is 0 Å². The lowest BCUT2D eigenvalue weighted by atomic mass is 10.2. The normalized spacial score (nSPS) is 10.7. The summed E-state index contributed by atoms with van der Waals surface area (Å²) < 4.78 is 18.2. The molecule has 3 aromatic rings. The first-order valence-electron chi connectivity index (χ1n) is 7.69. The van der Waals surface area contributed by atoms with Gasteiger partial charge in [0.2, 0.25) is 5.91 Å². The van der Waals surface area contributed by atoms with Crippen LogP contribution in [0.2, 0.25) is 0 Å².